The molecule has 5 heteroatoms. The number of carbonyl (C=O) groups is 1. The lowest BCUT2D eigenvalue weighted by atomic mass is 10.1. The number of ether oxygens (including phenoxy) is 1. The first kappa shape index (κ1) is 14.1. The minimum absolute atomic E-state index is 0.0488. The molecule has 2 heterocycles. The van der Waals surface area contributed by atoms with Gasteiger partial charge in [-0.1, -0.05) is 12.1 Å². The second-order valence-corrected chi connectivity index (χ2v) is 5.94. The lowest BCUT2D eigenvalue weighted by Crippen LogP contribution is -2.35. The largest absolute Gasteiger partial charge is 0.378 e. The summed E-state index contributed by atoms with van der Waals surface area (Å²) in [4.78, 5) is 14.7. The number of thiophene rings is 1. The fraction of sp³-hybridized carbons (Fsp3) is 0.312. The van der Waals surface area contributed by atoms with Gasteiger partial charge in [-0.05, 0) is 23.8 Å². The molecule has 1 amide bonds. The van der Waals surface area contributed by atoms with E-state index in [0.29, 0.717) is 0 Å². The van der Waals surface area contributed by atoms with Crippen molar-refractivity contribution in [3.8, 4) is 10.4 Å². The Morgan fingerprint density at radius 2 is 2.10 bits per heavy atom. The number of carbonyl (C=O) groups excluding carboxylic acids is 1. The van der Waals surface area contributed by atoms with Gasteiger partial charge in [0.1, 0.15) is 0 Å². The monoisotopic (exact) mass is 302 g/mol. The highest BCUT2D eigenvalue weighted by molar-refractivity contribution is 7.14. The lowest BCUT2D eigenvalue weighted by molar-refractivity contribution is -0.114. The molecule has 3 rings (SSSR count). The number of rotatable bonds is 3. The highest BCUT2D eigenvalue weighted by Crippen LogP contribution is 2.33. The molecule has 21 heavy (non-hydrogen) atoms. The van der Waals surface area contributed by atoms with E-state index in [0.717, 1.165) is 37.6 Å². The van der Waals surface area contributed by atoms with Gasteiger partial charge in [0.2, 0.25) is 5.91 Å². The van der Waals surface area contributed by atoms with E-state index < -0.39 is 0 Å². The molecule has 110 valence electrons. The Morgan fingerprint density at radius 3 is 2.86 bits per heavy atom. The molecular formula is C16H18N2O2S. The van der Waals surface area contributed by atoms with E-state index in [-0.39, 0.29) is 5.91 Å². The molecule has 0 saturated carbocycles. The molecule has 0 aliphatic carbocycles. The molecule has 0 spiro atoms. The predicted molar refractivity (Wildman–Crippen MR) is 87.1 cm³/mol. The highest BCUT2D eigenvalue weighted by atomic mass is 32.1. The van der Waals surface area contributed by atoms with Crippen LogP contribution in [-0.4, -0.2) is 32.2 Å². The fourth-order valence-electron chi connectivity index (χ4n) is 2.42. The van der Waals surface area contributed by atoms with E-state index in [4.69, 9.17) is 4.74 Å². The molecule has 2 aromatic rings. The van der Waals surface area contributed by atoms with E-state index >= 15 is 0 Å². The van der Waals surface area contributed by atoms with Gasteiger partial charge in [0.15, 0.2) is 0 Å². The summed E-state index contributed by atoms with van der Waals surface area (Å²) in [6.45, 7) is 5.00. The van der Waals surface area contributed by atoms with Gasteiger partial charge in [-0.15, -0.1) is 11.3 Å². The van der Waals surface area contributed by atoms with Crippen molar-refractivity contribution < 1.29 is 9.53 Å². The van der Waals surface area contributed by atoms with Gasteiger partial charge in [0, 0.05) is 41.6 Å². The zero-order valence-electron chi connectivity index (χ0n) is 12.0. The predicted octanol–water partition coefficient (Wildman–Crippen LogP) is 3.21. The highest BCUT2D eigenvalue weighted by Gasteiger charge is 2.13. The summed E-state index contributed by atoms with van der Waals surface area (Å²) in [5, 5.41) is 5.01. The lowest BCUT2D eigenvalue weighted by Gasteiger charge is -2.27. The summed E-state index contributed by atoms with van der Waals surface area (Å²) in [6, 6.07) is 10.2. The standard InChI is InChI=1S/C16H18N2O2S/c1-12(19)17-14-4-2-3-13(9-14)16-10-15(11-21-16)18-5-7-20-8-6-18/h2-4,9-11H,5-8H2,1H3,(H,17,19). The van der Waals surface area contributed by atoms with Crippen LogP contribution in [0.2, 0.25) is 0 Å². The number of benzene rings is 1. The second kappa shape index (κ2) is 6.28. The van der Waals surface area contributed by atoms with Crippen LogP contribution < -0.4 is 10.2 Å². The van der Waals surface area contributed by atoms with E-state index in [9.17, 15) is 4.79 Å². The normalized spacial score (nSPS) is 15.0. The Kier molecular flexibility index (Phi) is 4.22. The summed E-state index contributed by atoms with van der Waals surface area (Å²) in [6.07, 6.45) is 0. The third-order valence-corrected chi connectivity index (χ3v) is 4.40. The molecule has 0 unspecified atom stereocenters. The van der Waals surface area contributed by atoms with Crippen molar-refractivity contribution in [1.29, 1.82) is 0 Å². The minimum Gasteiger partial charge on any atom is -0.378 e. The number of nitrogens with zero attached hydrogens (tertiary/aromatic N) is 1. The number of nitrogens with one attached hydrogen (secondary N) is 1. The van der Waals surface area contributed by atoms with Gasteiger partial charge < -0.3 is 15.0 Å². The van der Waals surface area contributed by atoms with Crippen molar-refractivity contribution in [2.24, 2.45) is 0 Å². The maximum absolute atomic E-state index is 11.1. The molecule has 0 atom stereocenters. The van der Waals surface area contributed by atoms with Crippen LogP contribution >= 0.6 is 11.3 Å². The molecule has 1 fully saturated rings. The van der Waals surface area contributed by atoms with E-state index in [2.05, 4.69) is 27.7 Å². The van der Waals surface area contributed by atoms with Crippen LogP contribution in [0.4, 0.5) is 11.4 Å². The molecule has 1 aliphatic heterocycles. The van der Waals surface area contributed by atoms with E-state index in [1.54, 1.807) is 11.3 Å². The van der Waals surface area contributed by atoms with Crippen LogP contribution in [0.25, 0.3) is 10.4 Å². The van der Waals surface area contributed by atoms with Crippen molar-refractivity contribution >= 4 is 28.6 Å². The summed E-state index contributed by atoms with van der Waals surface area (Å²) >= 11 is 1.73. The fourth-order valence-corrected chi connectivity index (χ4v) is 3.34. The molecule has 0 bridgehead atoms. The van der Waals surface area contributed by atoms with Crippen LogP contribution in [0.1, 0.15) is 6.92 Å². The Bertz CT molecular complexity index is 633. The van der Waals surface area contributed by atoms with Crippen LogP contribution in [0, 0.1) is 0 Å². The van der Waals surface area contributed by atoms with Gasteiger partial charge in [-0.2, -0.15) is 0 Å². The third kappa shape index (κ3) is 3.43. The molecular weight excluding hydrogens is 284 g/mol. The number of amides is 1. The van der Waals surface area contributed by atoms with Crippen molar-refractivity contribution in [1.82, 2.24) is 0 Å². The number of hydrogen-bond acceptors (Lipinski definition) is 4. The molecule has 0 radical (unpaired) electrons. The quantitative estimate of drug-likeness (QED) is 0.946. The maximum atomic E-state index is 11.1. The van der Waals surface area contributed by atoms with E-state index in [1.807, 2.05) is 18.2 Å². The van der Waals surface area contributed by atoms with Gasteiger partial charge in [0.25, 0.3) is 0 Å². The first-order chi connectivity index (χ1) is 10.2. The zero-order valence-corrected chi connectivity index (χ0v) is 12.8. The van der Waals surface area contributed by atoms with E-state index in [1.165, 1.54) is 17.5 Å². The topological polar surface area (TPSA) is 41.6 Å². The Balaban J connectivity index is 1.80. The van der Waals surface area contributed by atoms with Gasteiger partial charge >= 0.3 is 0 Å². The number of morpholine rings is 1. The smallest absolute Gasteiger partial charge is 0.221 e. The van der Waals surface area contributed by atoms with Crippen LogP contribution in [-0.2, 0) is 9.53 Å². The second-order valence-electron chi connectivity index (χ2n) is 5.03. The van der Waals surface area contributed by atoms with Gasteiger partial charge in [0.05, 0.1) is 13.2 Å². The molecule has 1 aromatic carbocycles. The van der Waals surface area contributed by atoms with Crippen LogP contribution in [0.15, 0.2) is 35.7 Å². The number of hydrogen-bond donors (Lipinski definition) is 1. The molecule has 1 aliphatic rings. The average Bonchev–Trinajstić information content (AvgIpc) is 2.98. The average molecular weight is 302 g/mol. The first-order valence-electron chi connectivity index (χ1n) is 7.01. The van der Waals surface area contributed by atoms with Gasteiger partial charge in [-0.25, -0.2) is 0 Å². The van der Waals surface area contributed by atoms with Crippen molar-refractivity contribution in [3.63, 3.8) is 0 Å². The third-order valence-electron chi connectivity index (χ3n) is 3.43. The Labute approximate surface area is 128 Å². The summed E-state index contributed by atoms with van der Waals surface area (Å²) in [7, 11) is 0. The van der Waals surface area contributed by atoms with Crippen molar-refractivity contribution in [3.05, 3.63) is 35.7 Å². The summed E-state index contributed by atoms with van der Waals surface area (Å²) < 4.78 is 5.39. The molecule has 1 saturated heterocycles. The van der Waals surface area contributed by atoms with Crippen LogP contribution in [0.3, 0.4) is 0 Å². The molecule has 1 N–H and O–H groups in total. The maximum Gasteiger partial charge on any atom is 0.221 e. The zero-order chi connectivity index (χ0) is 14.7. The SMILES string of the molecule is CC(=O)Nc1cccc(-c2cc(N3CCOCC3)cs2)c1. The Hall–Kier alpha value is -1.85. The van der Waals surface area contributed by atoms with Crippen LogP contribution in [0.5, 0.6) is 0 Å². The molecule has 4 nitrogen and oxygen atoms in total. The summed E-state index contributed by atoms with van der Waals surface area (Å²) in [5.74, 6) is -0.0488. The molecule has 1 aromatic heterocycles. The minimum atomic E-state index is -0.0488. The summed E-state index contributed by atoms with van der Waals surface area (Å²) in [5.41, 5.74) is 3.22. The van der Waals surface area contributed by atoms with Crippen molar-refractivity contribution in [2.75, 3.05) is 36.5 Å². The Morgan fingerprint density at radius 1 is 1.29 bits per heavy atom. The van der Waals surface area contributed by atoms with Gasteiger partial charge in [-0.3, -0.25) is 4.79 Å². The van der Waals surface area contributed by atoms with Crippen molar-refractivity contribution in [2.45, 2.75) is 6.92 Å². The first-order valence-corrected chi connectivity index (χ1v) is 7.89. The number of anilines is 2.